The Morgan fingerprint density at radius 2 is 0.557 bits per heavy atom. The fourth-order valence-electron chi connectivity index (χ4n) is 11.4. The number of esters is 4. The molecule has 0 bridgehead atoms. The number of ether oxygens (including phenoxy) is 4. The first-order valence-electron chi connectivity index (χ1n) is 39.7. The molecule has 17 nitrogen and oxygen atoms in total. The van der Waals surface area contributed by atoms with Gasteiger partial charge in [-0.1, -0.05) is 323 Å². The highest BCUT2D eigenvalue weighted by Gasteiger charge is 2.30. The van der Waals surface area contributed by atoms with E-state index in [1.165, 1.54) is 167 Å². The lowest BCUT2D eigenvalue weighted by Gasteiger charge is -2.21. The molecule has 0 amide bonds. The van der Waals surface area contributed by atoms with Crippen molar-refractivity contribution in [2.45, 2.75) is 394 Å². The number of carbonyl (C=O) groups is 4. The van der Waals surface area contributed by atoms with E-state index < -0.39 is 97.5 Å². The van der Waals surface area contributed by atoms with E-state index in [1.807, 2.05) is 0 Å². The summed E-state index contributed by atoms with van der Waals surface area (Å²) < 4.78 is 68.5. The van der Waals surface area contributed by atoms with Crippen molar-refractivity contribution in [3.05, 3.63) is 24.3 Å². The lowest BCUT2D eigenvalue weighted by Crippen LogP contribution is -2.30. The summed E-state index contributed by atoms with van der Waals surface area (Å²) >= 11 is 0. The van der Waals surface area contributed by atoms with Crippen molar-refractivity contribution in [3.63, 3.8) is 0 Å². The molecule has 19 heteroatoms. The van der Waals surface area contributed by atoms with Crippen molar-refractivity contribution in [1.82, 2.24) is 0 Å². The first-order valence-corrected chi connectivity index (χ1v) is 42.7. The van der Waals surface area contributed by atoms with Gasteiger partial charge in [-0.05, 0) is 69.1 Å². The fraction of sp³-hybridized carbons (Fsp3) is 0.897. The number of phosphoric ester groups is 2. The number of allylic oxidation sites excluding steroid dienone is 4. The first-order chi connectivity index (χ1) is 46.7. The zero-order valence-electron chi connectivity index (χ0n) is 63.0. The molecule has 3 unspecified atom stereocenters. The maximum absolute atomic E-state index is 13.1. The average molecular weight is 1420 g/mol. The number of hydrogen-bond acceptors (Lipinski definition) is 15. The van der Waals surface area contributed by atoms with Gasteiger partial charge in [0, 0.05) is 25.7 Å². The van der Waals surface area contributed by atoms with Gasteiger partial charge in [-0.15, -0.1) is 0 Å². The van der Waals surface area contributed by atoms with Crippen LogP contribution in [0.2, 0.25) is 0 Å². The molecule has 572 valence electrons. The molecule has 0 radical (unpaired) electrons. The molecule has 0 saturated carbocycles. The van der Waals surface area contributed by atoms with Gasteiger partial charge >= 0.3 is 39.5 Å². The van der Waals surface area contributed by atoms with Crippen molar-refractivity contribution in [2.24, 2.45) is 17.8 Å². The molecule has 0 aliphatic carbocycles. The Balaban J connectivity index is 5.28. The first kappa shape index (κ1) is 94.5. The quantitative estimate of drug-likeness (QED) is 0.0169. The van der Waals surface area contributed by atoms with E-state index in [0.717, 1.165) is 121 Å². The van der Waals surface area contributed by atoms with Gasteiger partial charge in [0.2, 0.25) is 0 Å². The van der Waals surface area contributed by atoms with Crippen LogP contribution in [0.15, 0.2) is 24.3 Å². The van der Waals surface area contributed by atoms with Gasteiger partial charge in [0.05, 0.1) is 26.4 Å². The maximum atomic E-state index is 13.1. The number of aliphatic hydroxyl groups is 1. The van der Waals surface area contributed by atoms with E-state index in [-0.39, 0.29) is 25.7 Å². The van der Waals surface area contributed by atoms with Crippen LogP contribution in [0.1, 0.15) is 376 Å². The molecular formula is C78H148O17P2. The molecule has 0 rings (SSSR count). The van der Waals surface area contributed by atoms with Gasteiger partial charge in [0.15, 0.2) is 12.2 Å². The van der Waals surface area contributed by atoms with Gasteiger partial charge in [0.25, 0.3) is 0 Å². The Bertz CT molecular complexity index is 1980. The molecule has 0 aromatic carbocycles. The Hall–Kier alpha value is -2.46. The van der Waals surface area contributed by atoms with E-state index in [0.29, 0.717) is 31.6 Å². The van der Waals surface area contributed by atoms with Crippen LogP contribution in [0.5, 0.6) is 0 Å². The highest BCUT2D eigenvalue weighted by Crippen LogP contribution is 2.45. The predicted octanol–water partition coefficient (Wildman–Crippen LogP) is 22.5. The number of aliphatic hydroxyl groups excluding tert-OH is 1. The summed E-state index contributed by atoms with van der Waals surface area (Å²) in [4.78, 5) is 72.9. The van der Waals surface area contributed by atoms with Gasteiger partial charge in [-0.2, -0.15) is 0 Å². The third-order valence-corrected chi connectivity index (χ3v) is 19.4. The molecule has 0 spiro atoms. The van der Waals surface area contributed by atoms with Crippen LogP contribution >= 0.6 is 15.6 Å². The monoisotopic (exact) mass is 1420 g/mol. The summed E-state index contributed by atoms with van der Waals surface area (Å²) in [6.07, 6.45) is 57.7. The molecule has 97 heavy (non-hydrogen) atoms. The normalized spacial score (nSPS) is 14.2. The summed E-state index contributed by atoms with van der Waals surface area (Å²) in [7, 11) is -9.93. The molecule has 0 aromatic rings. The van der Waals surface area contributed by atoms with Gasteiger partial charge < -0.3 is 33.8 Å². The SMILES string of the molecule is CCCCCC/C=C\C=C/CCCCCCCC(=O)O[C@H](COC(=O)CCCCCCCCCCCCCCCCC(C)C)COP(=O)(O)OCC(O)COP(=O)(O)OC[C@@H](COC(=O)CCCCCCCCCC(C)C)OC(=O)CCCCCCCCCCCCCCC(C)C. The second kappa shape index (κ2) is 68.0. The number of hydrogen-bond donors (Lipinski definition) is 3. The van der Waals surface area contributed by atoms with Crippen molar-refractivity contribution < 1.29 is 80.2 Å². The van der Waals surface area contributed by atoms with Gasteiger partial charge in [-0.25, -0.2) is 9.13 Å². The van der Waals surface area contributed by atoms with Gasteiger partial charge in [-0.3, -0.25) is 37.3 Å². The number of phosphoric acid groups is 2. The summed E-state index contributed by atoms with van der Waals surface area (Å²) in [5, 5.41) is 10.6. The molecule has 5 atom stereocenters. The lowest BCUT2D eigenvalue weighted by molar-refractivity contribution is -0.161. The molecule has 0 fully saturated rings. The summed E-state index contributed by atoms with van der Waals surface area (Å²) in [5.41, 5.74) is 0. The molecule has 0 aliphatic heterocycles. The molecule has 0 aliphatic rings. The standard InChI is InChI=1S/C78H148O17P2/c1-8-9-10-11-12-13-14-15-16-21-27-32-39-47-54-61-77(82)94-73(65-88-75(80)59-52-45-38-31-26-20-18-17-19-24-29-35-42-49-56-69(2)3)67-92-96(84,85)90-63-72(79)64-91-97(86,87)93-68-74(66-89-76(81)60-53-46-41-34-37-44-51-58-71(6)7)95-78(83)62-55-48-40-33-28-23-22-25-30-36-43-50-57-70(4)5/h13-16,69-74,79H,8-12,17-68H2,1-7H3,(H,84,85)(H,86,87)/b14-13-,16-15-/t72?,73-,74-/m1/s1. The second-order valence-electron chi connectivity index (χ2n) is 28.8. The third kappa shape index (κ3) is 71.7. The Labute approximate surface area is 592 Å². The van der Waals surface area contributed by atoms with Crippen LogP contribution in [0.25, 0.3) is 0 Å². The third-order valence-electron chi connectivity index (χ3n) is 17.5. The Morgan fingerprint density at radius 3 is 0.835 bits per heavy atom. The average Bonchev–Trinajstić information content (AvgIpc) is 1.25. The van der Waals surface area contributed by atoms with E-state index in [9.17, 15) is 43.2 Å². The van der Waals surface area contributed by atoms with Crippen molar-refractivity contribution in [3.8, 4) is 0 Å². The molecular weight excluding hydrogens is 1270 g/mol. The smallest absolute Gasteiger partial charge is 0.462 e. The lowest BCUT2D eigenvalue weighted by atomic mass is 10.0. The topological polar surface area (TPSA) is 237 Å². The Morgan fingerprint density at radius 1 is 0.320 bits per heavy atom. The number of unbranched alkanes of at least 4 members (excludes halogenated alkanes) is 39. The minimum Gasteiger partial charge on any atom is -0.462 e. The Kier molecular flexibility index (Phi) is 66.3. The van der Waals surface area contributed by atoms with Crippen molar-refractivity contribution in [1.29, 1.82) is 0 Å². The highest BCUT2D eigenvalue weighted by atomic mass is 31.2. The molecule has 0 aromatic heterocycles. The molecule has 0 saturated heterocycles. The van der Waals surface area contributed by atoms with Gasteiger partial charge in [0.1, 0.15) is 19.3 Å². The highest BCUT2D eigenvalue weighted by molar-refractivity contribution is 7.47. The molecule has 3 N–H and O–H groups in total. The van der Waals surface area contributed by atoms with Crippen molar-refractivity contribution >= 4 is 39.5 Å². The van der Waals surface area contributed by atoms with Crippen molar-refractivity contribution in [2.75, 3.05) is 39.6 Å². The van der Waals surface area contributed by atoms with Crippen LogP contribution in [0.3, 0.4) is 0 Å². The van der Waals surface area contributed by atoms with Crippen LogP contribution in [0, 0.1) is 17.8 Å². The summed E-state index contributed by atoms with van der Waals surface area (Å²) in [6.45, 7) is 11.8. The van der Waals surface area contributed by atoms with Crippen LogP contribution < -0.4 is 0 Å². The largest absolute Gasteiger partial charge is 0.472 e. The van der Waals surface area contributed by atoms with E-state index in [1.54, 1.807) is 0 Å². The van der Waals surface area contributed by atoms with E-state index in [2.05, 4.69) is 72.8 Å². The van der Waals surface area contributed by atoms with E-state index >= 15 is 0 Å². The zero-order valence-corrected chi connectivity index (χ0v) is 64.8. The van der Waals surface area contributed by atoms with E-state index in [4.69, 9.17) is 37.0 Å². The van der Waals surface area contributed by atoms with Crippen LogP contribution in [-0.2, 0) is 65.4 Å². The summed E-state index contributed by atoms with van der Waals surface area (Å²) in [5.74, 6) is 0.130. The van der Waals surface area contributed by atoms with Crippen LogP contribution in [0.4, 0.5) is 0 Å². The zero-order chi connectivity index (χ0) is 71.6. The second-order valence-corrected chi connectivity index (χ2v) is 31.7. The van der Waals surface area contributed by atoms with Crippen LogP contribution in [-0.4, -0.2) is 96.7 Å². The fourth-order valence-corrected chi connectivity index (χ4v) is 13.0. The number of carbonyl (C=O) groups excluding carboxylic acids is 4. The predicted molar refractivity (Wildman–Crippen MR) is 395 cm³/mol. The minimum atomic E-state index is -4.97. The molecule has 0 heterocycles. The maximum Gasteiger partial charge on any atom is 0.472 e. The summed E-state index contributed by atoms with van der Waals surface area (Å²) in [6, 6.07) is 0. The number of rotatable bonds is 74. The minimum absolute atomic E-state index is 0.0849.